The molecular weight excluding hydrogens is 518 g/mol. The Balaban J connectivity index is 0.00000289. The van der Waals surface area contributed by atoms with Crippen LogP contribution in [0.2, 0.25) is 0 Å². The van der Waals surface area contributed by atoms with E-state index in [4.69, 9.17) is 0 Å². The third-order valence-corrected chi connectivity index (χ3v) is 5.71. The lowest BCUT2D eigenvalue weighted by Crippen LogP contribution is -2.42. The first-order valence-electron chi connectivity index (χ1n) is 10.7. The maximum atomic E-state index is 14.5. The Labute approximate surface area is 206 Å². The van der Waals surface area contributed by atoms with Crippen molar-refractivity contribution in [3.05, 3.63) is 84.2 Å². The Morgan fingerprint density at radius 2 is 1.91 bits per heavy atom. The van der Waals surface area contributed by atoms with E-state index in [2.05, 4.69) is 55.8 Å². The molecule has 4 rings (SSSR count). The highest BCUT2D eigenvalue weighted by molar-refractivity contribution is 14.0. The van der Waals surface area contributed by atoms with E-state index in [0.29, 0.717) is 24.2 Å². The number of likely N-dealkylation sites (tertiary alicyclic amines) is 1. The van der Waals surface area contributed by atoms with E-state index >= 15 is 0 Å². The van der Waals surface area contributed by atoms with Crippen molar-refractivity contribution in [2.75, 3.05) is 26.7 Å². The maximum absolute atomic E-state index is 14.5. The van der Waals surface area contributed by atoms with E-state index in [1.807, 2.05) is 6.07 Å². The average Bonchev–Trinajstić information content (AvgIpc) is 3.51. The molecule has 1 atom stereocenters. The lowest BCUT2D eigenvalue weighted by molar-refractivity contribution is 0.245. The van der Waals surface area contributed by atoms with Crippen molar-refractivity contribution in [3.8, 4) is 5.69 Å². The summed E-state index contributed by atoms with van der Waals surface area (Å²) >= 11 is 0. The van der Waals surface area contributed by atoms with Gasteiger partial charge in [0.2, 0.25) is 0 Å². The average molecular weight is 548 g/mol. The van der Waals surface area contributed by atoms with Crippen LogP contribution in [0.5, 0.6) is 0 Å². The zero-order valence-electron chi connectivity index (χ0n) is 18.2. The number of hydrogen-bond acceptors (Lipinski definition) is 3. The Morgan fingerprint density at radius 1 is 1.12 bits per heavy atom. The van der Waals surface area contributed by atoms with Crippen LogP contribution in [0, 0.1) is 5.82 Å². The number of benzene rings is 2. The van der Waals surface area contributed by atoms with Crippen LogP contribution in [0.25, 0.3) is 5.69 Å². The molecule has 0 amide bonds. The summed E-state index contributed by atoms with van der Waals surface area (Å²) in [5.74, 6) is 0.428. The maximum Gasteiger partial charge on any atom is 0.191 e. The molecule has 170 valence electrons. The van der Waals surface area contributed by atoms with Gasteiger partial charge >= 0.3 is 0 Å². The molecule has 1 aliphatic heterocycles. The van der Waals surface area contributed by atoms with E-state index in [9.17, 15) is 4.39 Å². The molecule has 1 fully saturated rings. The van der Waals surface area contributed by atoms with E-state index in [-0.39, 0.29) is 29.8 Å². The number of hydrogen-bond donors (Lipinski definition) is 2. The first-order valence-corrected chi connectivity index (χ1v) is 10.7. The zero-order chi connectivity index (χ0) is 21.5. The standard InChI is InChI=1S/C24H29FN6.HI/c1-26-24(28-16-19-9-10-22(21(25)15-19)31-14-11-27-18-31)29-17-23(30-12-5-6-13-30)20-7-3-2-4-8-20;/h2-4,7-11,14-15,18,23H,5-6,12-13,16-17H2,1H3,(H2,26,28,29);1H. The van der Waals surface area contributed by atoms with Crippen LogP contribution >= 0.6 is 24.0 Å². The lowest BCUT2D eigenvalue weighted by atomic mass is 10.1. The van der Waals surface area contributed by atoms with Crippen LogP contribution in [0.15, 0.2) is 72.2 Å². The van der Waals surface area contributed by atoms with E-state index in [0.717, 1.165) is 25.2 Å². The second kappa shape index (κ2) is 12.0. The molecule has 0 bridgehead atoms. The van der Waals surface area contributed by atoms with Crippen LogP contribution in [0.3, 0.4) is 0 Å². The van der Waals surface area contributed by atoms with Gasteiger partial charge in [0.1, 0.15) is 5.82 Å². The van der Waals surface area contributed by atoms with E-state index in [1.54, 1.807) is 42.5 Å². The molecule has 2 aromatic carbocycles. The fourth-order valence-corrected chi connectivity index (χ4v) is 4.06. The number of halogens is 2. The van der Waals surface area contributed by atoms with E-state index < -0.39 is 0 Å². The van der Waals surface area contributed by atoms with Crippen molar-refractivity contribution in [3.63, 3.8) is 0 Å². The van der Waals surface area contributed by atoms with Crippen molar-refractivity contribution in [2.45, 2.75) is 25.4 Å². The molecule has 3 aromatic rings. The highest BCUT2D eigenvalue weighted by atomic mass is 127. The minimum atomic E-state index is -0.279. The third-order valence-electron chi connectivity index (χ3n) is 5.71. The molecule has 6 nitrogen and oxygen atoms in total. The number of aromatic nitrogens is 2. The first-order chi connectivity index (χ1) is 15.2. The molecule has 0 spiro atoms. The number of rotatable bonds is 7. The fraction of sp³-hybridized carbons (Fsp3) is 0.333. The predicted molar refractivity (Wildman–Crippen MR) is 137 cm³/mol. The van der Waals surface area contributed by atoms with Gasteiger partial charge < -0.3 is 15.2 Å². The lowest BCUT2D eigenvalue weighted by Gasteiger charge is -2.29. The molecule has 0 aliphatic carbocycles. The molecule has 8 heteroatoms. The zero-order valence-corrected chi connectivity index (χ0v) is 20.6. The van der Waals surface area contributed by atoms with Crippen LogP contribution in [-0.2, 0) is 6.54 Å². The molecule has 1 saturated heterocycles. The quantitative estimate of drug-likeness (QED) is 0.265. The number of aliphatic imine (C=N–C) groups is 1. The van der Waals surface area contributed by atoms with Crippen molar-refractivity contribution >= 4 is 29.9 Å². The first kappa shape index (κ1) is 24.2. The number of nitrogens with one attached hydrogen (secondary N) is 2. The van der Waals surface area contributed by atoms with Gasteiger partial charge in [-0.2, -0.15) is 0 Å². The SMILES string of the molecule is CN=C(NCc1ccc(-n2ccnc2)c(F)c1)NCC(c1ccccc1)N1CCCC1.I. The normalized spacial score (nSPS) is 15.2. The Morgan fingerprint density at radius 3 is 2.56 bits per heavy atom. The summed E-state index contributed by atoms with van der Waals surface area (Å²) < 4.78 is 16.2. The summed E-state index contributed by atoms with van der Waals surface area (Å²) in [6.45, 7) is 3.49. The molecule has 1 aliphatic rings. The summed E-state index contributed by atoms with van der Waals surface area (Å²) in [5, 5.41) is 6.75. The fourth-order valence-electron chi connectivity index (χ4n) is 4.06. The highest BCUT2D eigenvalue weighted by Crippen LogP contribution is 2.24. The van der Waals surface area contributed by atoms with Crippen molar-refractivity contribution < 1.29 is 4.39 Å². The van der Waals surface area contributed by atoms with Gasteiger partial charge in [-0.15, -0.1) is 24.0 Å². The molecule has 2 heterocycles. The van der Waals surface area contributed by atoms with E-state index in [1.165, 1.54) is 18.4 Å². The highest BCUT2D eigenvalue weighted by Gasteiger charge is 2.23. The Hall–Kier alpha value is -2.46. The molecule has 1 aromatic heterocycles. The molecule has 1 unspecified atom stereocenters. The summed E-state index contributed by atoms with van der Waals surface area (Å²) in [6, 6.07) is 16.1. The van der Waals surface area contributed by atoms with Crippen molar-refractivity contribution in [1.82, 2.24) is 25.1 Å². The molecule has 0 saturated carbocycles. The minimum absolute atomic E-state index is 0. The van der Waals surface area contributed by atoms with Gasteiger partial charge in [-0.1, -0.05) is 36.4 Å². The van der Waals surface area contributed by atoms with Gasteiger partial charge in [0.05, 0.1) is 18.1 Å². The number of guanidine groups is 1. The topological polar surface area (TPSA) is 57.5 Å². The second-order valence-corrected chi connectivity index (χ2v) is 7.73. The van der Waals surface area contributed by atoms with Crippen LogP contribution < -0.4 is 10.6 Å². The van der Waals surface area contributed by atoms with Crippen molar-refractivity contribution in [2.24, 2.45) is 4.99 Å². The largest absolute Gasteiger partial charge is 0.354 e. The summed E-state index contributed by atoms with van der Waals surface area (Å²) in [6.07, 6.45) is 7.45. The molecule has 32 heavy (non-hydrogen) atoms. The minimum Gasteiger partial charge on any atom is -0.354 e. The predicted octanol–water partition coefficient (Wildman–Crippen LogP) is 4.13. The van der Waals surface area contributed by atoms with Gasteiger partial charge in [-0.25, -0.2) is 9.37 Å². The summed E-state index contributed by atoms with van der Waals surface area (Å²) in [5.41, 5.74) is 2.65. The molecule has 0 radical (unpaired) electrons. The third kappa shape index (κ3) is 6.07. The number of imidazole rings is 1. The Bertz CT molecular complexity index is 987. The second-order valence-electron chi connectivity index (χ2n) is 7.73. The smallest absolute Gasteiger partial charge is 0.191 e. The Kier molecular flexibility index (Phi) is 9.04. The van der Waals surface area contributed by atoms with Gasteiger partial charge in [0.25, 0.3) is 0 Å². The van der Waals surface area contributed by atoms with Gasteiger partial charge in [0, 0.05) is 32.5 Å². The summed E-state index contributed by atoms with van der Waals surface area (Å²) in [4.78, 5) is 10.8. The van der Waals surface area contributed by atoms with Gasteiger partial charge in [-0.3, -0.25) is 9.89 Å². The molecular formula is C24H30FIN6. The van der Waals surface area contributed by atoms with Gasteiger partial charge in [0.15, 0.2) is 5.96 Å². The van der Waals surface area contributed by atoms with Crippen LogP contribution in [0.1, 0.15) is 30.0 Å². The number of nitrogens with zero attached hydrogens (tertiary/aromatic N) is 4. The molecule has 2 N–H and O–H groups in total. The van der Waals surface area contributed by atoms with Crippen LogP contribution in [0.4, 0.5) is 4.39 Å². The van der Waals surface area contributed by atoms with Gasteiger partial charge in [-0.05, 0) is 49.2 Å². The monoisotopic (exact) mass is 548 g/mol. The van der Waals surface area contributed by atoms with Crippen LogP contribution in [-0.4, -0.2) is 47.1 Å². The van der Waals surface area contributed by atoms with Crippen molar-refractivity contribution in [1.29, 1.82) is 0 Å². The summed E-state index contributed by atoms with van der Waals surface area (Å²) in [7, 11) is 1.76.